The van der Waals surface area contributed by atoms with Gasteiger partial charge in [0, 0.05) is 25.2 Å². The molecular weight excluding hydrogens is 305 g/mol. The van der Waals surface area contributed by atoms with E-state index < -0.39 is 17.3 Å². The van der Waals surface area contributed by atoms with Crippen LogP contribution in [0.4, 0.5) is 13.2 Å². The number of likely N-dealkylation sites (tertiary alicyclic amines) is 1. The van der Waals surface area contributed by atoms with E-state index in [0.717, 1.165) is 25.6 Å². The zero-order chi connectivity index (χ0) is 16.7. The first-order chi connectivity index (χ1) is 10.8. The molecule has 6 heteroatoms. The minimum absolute atomic E-state index is 0.0177. The Morgan fingerprint density at radius 2 is 1.78 bits per heavy atom. The topological polar surface area (TPSA) is 49.5 Å². The summed E-state index contributed by atoms with van der Waals surface area (Å²) < 4.78 is 39.6. The average Bonchev–Trinajstić information content (AvgIpc) is 2.94. The normalized spacial score (nSPS) is 33.1. The molecule has 3 nitrogen and oxygen atoms in total. The smallest absolute Gasteiger partial charge is 0.385 e. The summed E-state index contributed by atoms with van der Waals surface area (Å²) >= 11 is 0. The van der Waals surface area contributed by atoms with Gasteiger partial charge in [0.2, 0.25) is 0 Å². The monoisotopic (exact) mass is 328 g/mol. The van der Waals surface area contributed by atoms with Crippen LogP contribution in [0.25, 0.3) is 0 Å². The third-order valence-electron chi connectivity index (χ3n) is 5.29. The Hall–Kier alpha value is -1.11. The fourth-order valence-corrected chi connectivity index (χ4v) is 4.00. The second-order valence-corrected chi connectivity index (χ2v) is 6.85. The van der Waals surface area contributed by atoms with Crippen molar-refractivity contribution in [1.29, 1.82) is 0 Å². The van der Waals surface area contributed by atoms with Gasteiger partial charge in [0.25, 0.3) is 0 Å². The molecular formula is C17H23F3N2O. The van der Waals surface area contributed by atoms with Crippen molar-refractivity contribution >= 4 is 0 Å². The van der Waals surface area contributed by atoms with E-state index in [0.29, 0.717) is 31.7 Å². The largest absolute Gasteiger partial charge is 0.416 e. The quantitative estimate of drug-likeness (QED) is 0.878. The van der Waals surface area contributed by atoms with E-state index in [1.54, 1.807) is 6.07 Å². The van der Waals surface area contributed by atoms with Gasteiger partial charge in [0.05, 0.1) is 11.2 Å². The Labute approximate surface area is 134 Å². The van der Waals surface area contributed by atoms with Crippen molar-refractivity contribution in [2.75, 3.05) is 13.1 Å². The molecule has 0 radical (unpaired) electrons. The van der Waals surface area contributed by atoms with E-state index in [-0.39, 0.29) is 11.6 Å². The highest BCUT2D eigenvalue weighted by molar-refractivity contribution is 5.35. The fraction of sp³-hybridized carbons (Fsp3) is 0.647. The van der Waals surface area contributed by atoms with Crippen molar-refractivity contribution in [3.05, 3.63) is 35.4 Å². The third kappa shape index (κ3) is 3.39. The maximum absolute atomic E-state index is 13.2. The summed E-state index contributed by atoms with van der Waals surface area (Å²) in [5, 5.41) is 10.9. The summed E-state index contributed by atoms with van der Waals surface area (Å²) in [6.07, 6.45) is -1.35. The minimum atomic E-state index is -4.44. The summed E-state index contributed by atoms with van der Waals surface area (Å²) in [5.41, 5.74) is 3.84. The van der Waals surface area contributed by atoms with Gasteiger partial charge in [0.1, 0.15) is 0 Å². The Morgan fingerprint density at radius 1 is 1.13 bits per heavy atom. The molecule has 3 rings (SSSR count). The number of rotatable bonds is 2. The summed E-state index contributed by atoms with van der Waals surface area (Å²) in [4.78, 5) is 2.32. The van der Waals surface area contributed by atoms with Crippen LogP contribution >= 0.6 is 0 Å². The number of hydrogen-bond donors (Lipinski definition) is 2. The molecule has 1 aromatic carbocycles. The van der Waals surface area contributed by atoms with E-state index in [2.05, 4.69) is 4.90 Å². The molecule has 1 saturated heterocycles. The van der Waals surface area contributed by atoms with E-state index in [1.165, 1.54) is 12.1 Å². The SMILES string of the molecule is N[C@@H]1CCN(C2CCC(O)(c3ccccc3C(F)(F)F)CC2)C1. The van der Waals surface area contributed by atoms with Gasteiger partial charge in [-0.25, -0.2) is 0 Å². The van der Waals surface area contributed by atoms with Crippen LogP contribution in [0.5, 0.6) is 0 Å². The molecule has 1 aliphatic heterocycles. The molecule has 1 atom stereocenters. The predicted molar refractivity (Wildman–Crippen MR) is 81.8 cm³/mol. The van der Waals surface area contributed by atoms with E-state index in [4.69, 9.17) is 5.73 Å². The maximum atomic E-state index is 13.2. The summed E-state index contributed by atoms with van der Waals surface area (Å²) in [5.74, 6) is 0. The van der Waals surface area contributed by atoms with Gasteiger partial charge in [-0.05, 0) is 43.7 Å². The minimum Gasteiger partial charge on any atom is -0.385 e. The first-order valence-electron chi connectivity index (χ1n) is 8.18. The van der Waals surface area contributed by atoms with Gasteiger partial charge in [-0.2, -0.15) is 13.2 Å². The Bertz CT molecular complexity index is 553. The molecule has 1 aromatic rings. The van der Waals surface area contributed by atoms with Gasteiger partial charge in [0.15, 0.2) is 0 Å². The van der Waals surface area contributed by atoms with Gasteiger partial charge < -0.3 is 10.8 Å². The fourth-order valence-electron chi connectivity index (χ4n) is 4.00. The lowest BCUT2D eigenvalue weighted by atomic mass is 9.75. The lowest BCUT2D eigenvalue weighted by Gasteiger charge is -2.40. The van der Waals surface area contributed by atoms with Crippen LogP contribution in [-0.2, 0) is 11.8 Å². The molecule has 0 aromatic heterocycles. The predicted octanol–water partition coefficient (Wildman–Crippen LogP) is 2.87. The molecule has 1 saturated carbocycles. The number of alkyl halides is 3. The van der Waals surface area contributed by atoms with Crippen LogP contribution in [0.1, 0.15) is 43.2 Å². The van der Waals surface area contributed by atoms with Crippen LogP contribution in [0.2, 0.25) is 0 Å². The van der Waals surface area contributed by atoms with Gasteiger partial charge in [-0.1, -0.05) is 18.2 Å². The zero-order valence-corrected chi connectivity index (χ0v) is 13.0. The van der Waals surface area contributed by atoms with Crippen molar-refractivity contribution in [3.8, 4) is 0 Å². The molecule has 2 aliphatic rings. The standard InChI is InChI=1S/C17H23F3N2O/c18-17(19,20)15-4-2-1-3-14(15)16(23)8-5-13(6-9-16)22-10-7-12(21)11-22/h1-4,12-13,23H,5-11,21H2/t12-,13?,16?/m1/s1. The van der Waals surface area contributed by atoms with Crippen molar-refractivity contribution < 1.29 is 18.3 Å². The Balaban J connectivity index is 1.75. The third-order valence-corrected chi connectivity index (χ3v) is 5.29. The van der Waals surface area contributed by atoms with E-state index >= 15 is 0 Å². The molecule has 3 N–H and O–H groups in total. The van der Waals surface area contributed by atoms with Gasteiger partial charge >= 0.3 is 6.18 Å². The number of benzene rings is 1. The van der Waals surface area contributed by atoms with Crippen LogP contribution in [-0.4, -0.2) is 35.2 Å². The highest BCUT2D eigenvalue weighted by Crippen LogP contribution is 2.44. The molecule has 0 bridgehead atoms. The molecule has 23 heavy (non-hydrogen) atoms. The summed E-state index contributed by atoms with van der Waals surface area (Å²) in [6.45, 7) is 1.80. The molecule has 0 spiro atoms. The van der Waals surface area contributed by atoms with Crippen molar-refractivity contribution in [2.24, 2.45) is 5.73 Å². The molecule has 2 fully saturated rings. The highest BCUT2D eigenvalue weighted by Gasteiger charge is 2.43. The molecule has 1 aliphatic carbocycles. The second-order valence-electron chi connectivity index (χ2n) is 6.85. The van der Waals surface area contributed by atoms with Crippen LogP contribution < -0.4 is 5.73 Å². The summed E-state index contributed by atoms with van der Waals surface area (Å²) in [6, 6.07) is 5.91. The Kier molecular flexibility index (Phi) is 4.42. The number of hydrogen-bond acceptors (Lipinski definition) is 3. The van der Waals surface area contributed by atoms with Crippen LogP contribution in [0, 0.1) is 0 Å². The zero-order valence-electron chi connectivity index (χ0n) is 13.0. The van der Waals surface area contributed by atoms with E-state index in [1.807, 2.05) is 0 Å². The summed E-state index contributed by atoms with van der Waals surface area (Å²) in [7, 11) is 0. The average molecular weight is 328 g/mol. The first kappa shape index (κ1) is 16.7. The second kappa shape index (κ2) is 6.07. The van der Waals surface area contributed by atoms with Crippen molar-refractivity contribution in [2.45, 2.75) is 56.0 Å². The number of aliphatic hydroxyl groups is 1. The molecule has 0 unspecified atom stereocenters. The van der Waals surface area contributed by atoms with Gasteiger partial charge in [-0.15, -0.1) is 0 Å². The Morgan fingerprint density at radius 3 is 2.35 bits per heavy atom. The molecule has 0 amide bonds. The highest BCUT2D eigenvalue weighted by atomic mass is 19.4. The lowest BCUT2D eigenvalue weighted by molar-refractivity contribution is -0.141. The maximum Gasteiger partial charge on any atom is 0.416 e. The number of halogens is 3. The van der Waals surface area contributed by atoms with Crippen LogP contribution in [0.15, 0.2) is 24.3 Å². The van der Waals surface area contributed by atoms with Gasteiger partial charge in [-0.3, -0.25) is 4.90 Å². The van der Waals surface area contributed by atoms with Crippen molar-refractivity contribution in [1.82, 2.24) is 4.90 Å². The molecule has 128 valence electrons. The van der Waals surface area contributed by atoms with E-state index in [9.17, 15) is 18.3 Å². The first-order valence-corrected chi connectivity index (χ1v) is 8.18. The lowest BCUT2D eigenvalue weighted by Crippen LogP contribution is -2.43. The van der Waals surface area contributed by atoms with Crippen molar-refractivity contribution in [3.63, 3.8) is 0 Å². The number of nitrogens with zero attached hydrogens (tertiary/aromatic N) is 1. The van der Waals surface area contributed by atoms with Crippen LogP contribution in [0.3, 0.4) is 0 Å². The molecule has 1 heterocycles. The number of nitrogens with two attached hydrogens (primary N) is 1.